The van der Waals surface area contributed by atoms with Gasteiger partial charge in [-0.15, -0.1) is 0 Å². The lowest BCUT2D eigenvalue weighted by atomic mass is 9.90. The summed E-state index contributed by atoms with van der Waals surface area (Å²) in [5, 5.41) is 6.05. The molecule has 0 saturated carbocycles. The smallest absolute Gasteiger partial charge is 0.274 e. The van der Waals surface area contributed by atoms with Gasteiger partial charge in [-0.1, -0.05) is 6.07 Å². The van der Waals surface area contributed by atoms with Crippen LogP contribution in [0.3, 0.4) is 0 Å². The van der Waals surface area contributed by atoms with E-state index in [0.29, 0.717) is 25.1 Å². The summed E-state index contributed by atoms with van der Waals surface area (Å²) in [6.07, 6.45) is 1.37. The number of carbonyl (C=O) groups is 2. The molecule has 8 nitrogen and oxygen atoms in total. The van der Waals surface area contributed by atoms with E-state index in [4.69, 9.17) is 4.74 Å². The number of morpholine rings is 1. The normalized spacial score (nSPS) is 22.5. The Hall–Kier alpha value is -3.07. The number of likely N-dealkylation sites (tertiary alicyclic amines) is 1. The highest BCUT2D eigenvalue weighted by Crippen LogP contribution is 2.32. The van der Waals surface area contributed by atoms with Gasteiger partial charge in [0.1, 0.15) is 23.7 Å². The van der Waals surface area contributed by atoms with Gasteiger partial charge in [0.25, 0.3) is 17.4 Å². The number of benzene rings is 1. The molecule has 0 aliphatic carbocycles. The Kier molecular flexibility index (Phi) is 4.68. The highest BCUT2D eigenvalue weighted by molar-refractivity contribution is 5.95. The summed E-state index contributed by atoms with van der Waals surface area (Å²) < 4.78 is 19.5. The molecule has 4 rings (SSSR count). The molecule has 28 heavy (non-hydrogen) atoms. The van der Waals surface area contributed by atoms with E-state index >= 15 is 0 Å². The van der Waals surface area contributed by atoms with Crippen LogP contribution < -0.4 is 10.5 Å². The zero-order valence-electron chi connectivity index (χ0n) is 15.1. The van der Waals surface area contributed by atoms with Crippen molar-refractivity contribution in [3.63, 3.8) is 0 Å². The molecular formula is C19H19FN4O4. The summed E-state index contributed by atoms with van der Waals surface area (Å²) in [4.78, 5) is 39.4. The number of aromatic amines is 1. The van der Waals surface area contributed by atoms with E-state index in [1.54, 1.807) is 17.0 Å². The molecule has 2 aliphatic rings. The summed E-state index contributed by atoms with van der Waals surface area (Å²) in [6.45, 7) is 0.915. The number of hydrogen-bond acceptors (Lipinski definition) is 5. The van der Waals surface area contributed by atoms with E-state index in [2.05, 4.69) is 10.2 Å². The van der Waals surface area contributed by atoms with E-state index in [-0.39, 0.29) is 42.8 Å². The minimum atomic E-state index is -0.726. The number of carbonyl (C=O) groups excluding carboxylic acids is 2. The molecule has 2 amide bonds. The van der Waals surface area contributed by atoms with Crippen molar-refractivity contribution in [2.24, 2.45) is 0 Å². The fourth-order valence-corrected chi connectivity index (χ4v) is 3.74. The van der Waals surface area contributed by atoms with Crippen molar-refractivity contribution in [3.05, 3.63) is 58.3 Å². The van der Waals surface area contributed by atoms with Crippen LogP contribution in [-0.2, 0) is 9.53 Å². The van der Waals surface area contributed by atoms with E-state index in [1.165, 1.54) is 29.2 Å². The predicted molar refractivity (Wildman–Crippen MR) is 97.4 cm³/mol. The largest absolute Gasteiger partial charge is 0.361 e. The van der Waals surface area contributed by atoms with Crippen LogP contribution in [0.15, 0.2) is 41.2 Å². The maximum atomic E-state index is 13.6. The van der Waals surface area contributed by atoms with Crippen molar-refractivity contribution in [3.8, 4) is 0 Å². The molecule has 2 aromatic rings. The molecule has 0 radical (unpaired) electrons. The SMILES string of the molecule is O=C(c1ccc(=O)[nH]n1)N1CCCC2(C1)CN(c1cccc(F)c1)C(=O)CO2. The molecule has 1 aromatic carbocycles. The maximum absolute atomic E-state index is 13.6. The van der Waals surface area contributed by atoms with Crippen LogP contribution in [0.2, 0.25) is 0 Å². The fraction of sp³-hybridized carbons (Fsp3) is 0.368. The monoisotopic (exact) mass is 386 g/mol. The first kappa shape index (κ1) is 18.3. The number of halogens is 1. The Morgan fingerprint density at radius 2 is 2.07 bits per heavy atom. The molecule has 2 aliphatic heterocycles. The van der Waals surface area contributed by atoms with E-state index in [1.807, 2.05) is 0 Å². The number of rotatable bonds is 2. The molecule has 3 heterocycles. The summed E-state index contributed by atoms with van der Waals surface area (Å²) in [5.74, 6) is -0.981. The second kappa shape index (κ2) is 7.16. The van der Waals surface area contributed by atoms with Crippen molar-refractivity contribution in [2.45, 2.75) is 18.4 Å². The number of aromatic nitrogens is 2. The Bertz CT molecular complexity index is 958. The first-order chi connectivity index (χ1) is 13.5. The van der Waals surface area contributed by atoms with Crippen LogP contribution in [0.5, 0.6) is 0 Å². The van der Waals surface area contributed by atoms with Crippen LogP contribution in [0.4, 0.5) is 10.1 Å². The minimum Gasteiger partial charge on any atom is -0.361 e. The van der Waals surface area contributed by atoms with Crippen LogP contribution in [0.25, 0.3) is 0 Å². The molecule has 1 atom stereocenters. The maximum Gasteiger partial charge on any atom is 0.274 e. The molecule has 1 aromatic heterocycles. The molecule has 1 spiro atoms. The van der Waals surface area contributed by atoms with Gasteiger partial charge in [-0.25, -0.2) is 9.49 Å². The number of H-pyrrole nitrogens is 1. The van der Waals surface area contributed by atoms with E-state index in [9.17, 15) is 18.8 Å². The molecular weight excluding hydrogens is 367 g/mol. The van der Waals surface area contributed by atoms with Crippen molar-refractivity contribution < 1.29 is 18.7 Å². The second-order valence-corrected chi connectivity index (χ2v) is 7.07. The third-order valence-corrected chi connectivity index (χ3v) is 5.09. The standard InChI is InChI=1S/C19H19FN4O4/c20-13-3-1-4-14(9-13)24-12-19(28-10-17(24)26)7-2-8-23(11-19)18(27)15-5-6-16(25)22-21-15/h1,3-6,9H,2,7-8,10-12H2,(H,22,25). The topological polar surface area (TPSA) is 95.6 Å². The number of nitrogens with zero attached hydrogens (tertiary/aromatic N) is 3. The average Bonchev–Trinajstić information content (AvgIpc) is 2.70. The molecule has 1 unspecified atom stereocenters. The third kappa shape index (κ3) is 3.53. The molecule has 146 valence electrons. The summed E-state index contributed by atoms with van der Waals surface area (Å²) in [6, 6.07) is 8.50. The lowest BCUT2D eigenvalue weighted by Gasteiger charge is -2.47. The van der Waals surface area contributed by atoms with Crippen LogP contribution in [0.1, 0.15) is 23.3 Å². The fourth-order valence-electron chi connectivity index (χ4n) is 3.74. The van der Waals surface area contributed by atoms with E-state index < -0.39 is 11.4 Å². The lowest BCUT2D eigenvalue weighted by molar-refractivity contribution is -0.144. The quantitative estimate of drug-likeness (QED) is 0.829. The summed E-state index contributed by atoms with van der Waals surface area (Å²) >= 11 is 0. The van der Waals surface area contributed by atoms with Crippen LogP contribution in [0, 0.1) is 5.82 Å². The van der Waals surface area contributed by atoms with Crippen molar-refractivity contribution in [1.29, 1.82) is 0 Å². The van der Waals surface area contributed by atoms with Crippen molar-refractivity contribution >= 4 is 17.5 Å². The number of piperidine rings is 1. The Balaban J connectivity index is 1.55. The lowest BCUT2D eigenvalue weighted by Crippen LogP contribution is -2.62. The Morgan fingerprint density at radius 3 is 2.82 bits per heavy atom. The minimum absolute atomic E-state index is 0.130. The highest BCUT2D eigenvalue weighted by Gasteiger charge is 2.44. The van der Waals surface area contributed by atoms with Gasteiger partial charge in [0.2, 0.25) is 0 Å². The Morgan fingerprint density at radius 1 is 1.21 bits per heavy atom. The number of ether oxygens (including phenoxy) is 1. The van der Waals surface area contributed by atoms with E-state index in [0.717, 1.165) is 0 Å². The highest BCUT2D eigenvalue weighted by atomic mass is 19.1. The number of amides is 2. The number of nitrogens with one attached hydrogen (secondary N) is 1. The van der Waals surface area contributed by atoms with Crippen molar-refractivity contribution in [1.82, 2.24) is 15.1 Å². The van der Waals surface area contributed by atoms with Gasteiger partial charge in [-0.2, -0.15) is 5.10 Å². The first-order valence-corrected chi connectivity index (χ1v) is 9.01. The second-order valence-electron chi connectivity index (χ2n) is 7.07. The Labute approximate surface area is 159 Å². The molecule has 1 N–H and O–H groups in total. The number of anilines is 1. The van der Waals surface area contributed by atoms with Gasteiger partial charge >= 0.3 is 0 Å². The van der Waals surface area contributed by atoms with Crippen LogP contribution >= 0.6 is 0 Å². The van der Waals surface area contributed by atoms with Gasteiger partial charge < -0.3 is 14.5 Å². The predicted octanol–water partition coefficient (Wildman–Crippen LogP) is 0.947. The average molecular weight is 386 g/mol. The van der Waals surface area contributed by atoms with Gasteiger partial charge in [0.05, 0.1) is 13.1 Å². The summed E-state index contributed by atoms with van der Waals surface area (Å²) in [7, 11) is 0. The molecule has 0 bridgehead atoms. The third-order valence-electron chi connectivity index (χ3n) is 5.09. The first-order valence-electron chi connectivity index (χ1n) is 9.01. The van der Waals surface area contributed by atoms with Gasteiger partial charge in [-0.3, -0.25) is 14.4 Å². The number of hydrogen-bond donors (Lipinski definition) is 1. The molecule has 9 heteroatoms. The van der Waals surface area contributed by atoms with Gasteiger partial charge in [0, 0.05) is 18.3 Å². The summed E-state index contributed by atoms with van der Waals surface area (Å²) in [5.41, 5.74) is -0.494. The van der Waals surface area contributed by atoms with Crippen molar-refractivity contribution in [2.75, 3.05) is 31.1 Å². The van der Waals surface area contributed by atoms with Crippen LogP contribution in [-0.4, -0.2) is 58.8 Å². The van der Waals surface area contributed by atoms with Gasteiger partial charge in [0.15, 0.2) is 0 Å². The molecule has 2 fully saturated rings. The zero-order valence-corrected chi connectivity index (χ0v) is 15.1. The molecule has 2 saturated heterocycles. The zero-order chi connectivity index (χ0) is 19.7. The van der Waals surface area contributed by atoms with Gasteiger partial charge in [-0.05, 0) is 37.1 Å².